The molecule has 5 N–H and O–H groups in total. The first-order valence-electron chi connectivity index (χ1n) is 11.8. The first-order valence-corrected chi connectivity index (χ1v) is 11.8. The third-order valence-electron chi connectivity index (χ3n) is 6.36. The van der Waals surface area contributed by atoms with Crippen LogP contribution in [0.1, 0.15) is 57.4 Å². The molecule has 1 unspecified atom stereocenters. The standard InChI is InChI=1S/C24H38N4O5/c1-3-24(12-5-7-14-28(2)17-24)18-9-8-10-19(15-18)33-23(32)26-13-6-4-11-20(22(30)31)27-21(29)16-25/h8-10,15,20H,3-7,11-14,16-17,25H2,1-2H3,(H,26,32)(H,27,29)(H,30,31)/t20-,24?/m0/s1. The summed E-state index contributed by atoms with van der Waals surface area (Å²) in [6.45, 7) is 4.40. The molecular weight excluding hydrogens is 424 g/mol. The molecule has 0 aromatic heterocycles. The molecule has 33 heavy (non-hydrogen) atoms. The first-order chi connectivity index (χ1) is 15.8. The van der Waals surface area contributed by atoms with E-state index >= 15 is 0 Å². The minimum absolute atomic E-state index is 0.0566. The van der Waals surface area contributed by atoms with E-state index in [-0.39, 0.29) is 18.4 Å². The monoisotopic (exact) mass is 462 g/mol. The zero-order valence-corrected chi connectivity index (χ0v) is 19.8. The fourth-order valence-electron chi connectivity index (χ4n) is 4.46. The van der Waals surface area contributed by atoms with E-state index in [2.05, 4.69) is 35.6 Å². The number of aliphatic carboxylic acids is 1. The number of unbranched alkanes of at least 4 members (excludes halogenated alkanes) is 1. The Kier molecular flexibility index (Phi) is 10.6. The van der Waals surface area contributed by atoms with Gasteiger partial charge in [0, 0.05) is 18.5 Å². The molecule has 1 fully saturated rings. The molecule has 0 bridgehead atoms. The highest BCUT2D eigenvalue weighted by atomic mass is 16.6. The molecule has 9 heteroatoms. The van der Waals surface area contributed by atoms with Gasteiger partial charge in [-0.3, -0.25) is 4.79 Å². The van der Waals surface area contributed by atoms with Crippen LogP contribution in [-0.2, 0) is 15.0 Å². The number of nitrogens with one attached hydrogen (secondary N) is 2. The molecule has 1 aromatic rings. The van der Waals surface area contributed by atoms with Crippen LogP contribution in [0, 0.1) is 0 Å². The molecule has 0 saturated carbocycles. The number of rotatable bonds is 11. The second kappa shape index (κ2) is 13.2. The van der Waals surface area contributed by atoms with Crippen LogP contribution in [0.2, 0.25) is 0 Å². The number of carboxylic acid groups (broad SMARTS) is 1. The molecule has 2 rings (SSSR count). The SMILES string of the molecule is CCC1(c2cccc(OC(=O)NCCCC[C@H](NC(=O)CN)C(=O)O)c2)CCCCN(C)C1. The molecule has 9 nitrogen and oxygen atoms in total. The predicted octanol–water partition coefficient (Wildman–Crippen LogP) is 2.24. The van der Waals surface area contributed by atoms with E-state index in [9.17, 15) is 14.4 Å². The average molecular weight is 463 g/mol. The van der Waals surface area contributed by atoms with E-state index in [0.29, 0.717) is 25.1 Å². The number of ether oxygens (including phenoxy) is 1. The van der Waals surface area contributed by atoms with E-state index in [1.54, 1.807) is 6.07 Å². The zero-order valence-electron chi connectivity index (χ0n) is 19.8. The summed E-state index contributed by atoms with van der Waals surface area (Å²) in [5.74, 6) is -1.10. The van der Waals surface area contributed by atoms with Gasteiger partial charge in [-0.2, -0.15) is 0 Å². The van der Waals surface area contributed by atoms with Crippen LogP contribution in [0.4, 0.5) is 4.79 Å². The average Bonchev–Trinajstić information content (AvgIpc) is 2.99. The highest BCUT2D eigenvalue weighted by Gasteiger charge is 2.33. The van der Waals surface area contributed by atoms with Crippen molar-refractivity contribution in [3.8, 4) is 5.75 Å². The number of likely N-dealkylation sites (tertiary alicyclic amines) is 1. The van der Waals surface area contributed by atoms with Crippen molar-refractivity contribution in [2.24, 2.45) is 5.73 Å². The van der Waals surface area contributed by atoms with Crippen molar-refractivity contribution in [3.63, 3.8) is 0 Å². The van der Waals surface area contributed by atoms with E-state index in [1.165, 1.54) is 18.4 Å². The molecule has 2 amide bonds. The molecule has 1 aliphatic heterocycles. The third-order valence-corrected chi connectivity index (χ3v) is 6.36. The molecule has 2 atom stereocenters. The Bertz CT molecular complexity index is 803. The van der Waals surface area contributed by atoms with Gasteiger partial charge in [0.05, 0.1) is 6.54 Å². The maximum absolute atomic E-state index is 12.2. The number of carbonyl (C=O) groups is 3. The van der Waals surface area contributed by atoms with Crippen LogP contribution >= 0.6 is 0 Å². The van der Waals surface area contributed by atoms with Crippen LogP contribution in [0.5, 0.6) is 5.75 Å². The summed E-state index contributed by atoms with van der Waals surface area (Å²) in [5, 5.41) is 14.2. The highest BCUT2D eigenvalue weighted by Crippen LogP contribution is 2.37. The van der Waals surface area contributed by atoms with Crippen LogP contribution in [0.15, 0.2) is 24.3 Å². The smallest absolute Gasteiger partial charge is 0.412 e. The van der Waals surface area contributed by atoms with Gasteiger partial charge in [0.15, 0.2) is 0 Å². The molecular formula is C24H38N4O5. The quantitative estimate of drug-likeness (QED) is 0.371. The number of carboxylic acids is 1. The second-order valence-corrected chi connectivity index (χ2v) is 8.83. The number of nitrogens with two attached hydrogens (primary N) is 1. The number of carbonyl (C=O) groups excluding carboxylic acids is 2. The van der Waals surface area contributed by atoms with Gasteiger partial charge < -0.3 is 31.1 Å². The Balaban J connectivity index is 1.83. The normalized spacial score (nSPS) is 19.8. The first kappa shape index (κ1) is 26.6. The molecule has 1 saturated heterocycles. The minimum atomic E-state index is -1.10. The lowest BCUT2D eigenvalue weighted by Crippen LogP contribution is -2.43. The lowest BCUT2D eigenvalue weighted by molar-refractivity contribution is -0.141. The Morgan fingerprint density at radius 2 is 2.06 bits per heavy atom. The van der Waals surface area contributed by atoms with Crippen molar-refractivity contribution in [2.75, 3.05) is 33.2 Å². The van der Waals surface area contributed by atoms with Gasteiger partial charge in [0.1, 0.15) is 11.8 Å². The summed E-state index contributed by atoms with van der Waals surface area (Å²) in [6.07, 6.45) is 5.32. The largest absolute Gasteiger partial charge is 0.480 e. The maximum Gasteiger partial charge on any atom is 0.412 e. The number of hydrogen-bond acceptors (Lipinski definition) is 6. The van der Waals surface area contributed by atoms with E-state index < -0.39 is 24.0 Å². The third kappa shape index (κ3) is 8.33. The van der Waals surface area contributed by atoms with Gasteiger partial charge in [0.2, 0.25) is 5.91 Å². The van der Waals surface area contributed by atoms with Crippen molar-refractivity contribution < 1.29 is 24.2 Å². The van der Waals surface area contributed by atoms with Gasteiger partial charge in [-0.1, -0.05) is 25.5 Å². The molecule has 0 spiro atoms. The summed E-state index contributed by atoms with van der Waals surface area (Å²) < 4.78 is 5.50. The fraction of sp³-hybridized carbons (Fsp3) is 0.625. The van der Waals surface area contributed by atoms with Gasteiger partial charge in [-0.25, -0.2) is 9.59 Å². The van der Waals surface area contributed by atoms with Crippen molar-refractivity contribution in [3.05, 3.63) is 29.8 Å². The van der Waals surface area contributed by atoms with Crippen LogP contribution in [-0.4, -0.2) is 67.2 Å². The van der Waals surface area contributed by atoms with Gasteiger partial charge in [-0.15, -0.1) is 0 Å². The minimum Gasteiger partial charge on any atom is -0.480 e. The Hall–Kier alpha value is -2.65. The summed E-state index contributed by atoms with van der Waals surface area (Å²) in [4.78, 5) is 37.1. The molecule has 1 aliphatic rings. The fourth-order valence-corrected chi connectivity index (χ4v) is 4.46. The number of amides is 2. The predicted molar refractivity (Wildman–Crippen MR) is 126 cm³/mol. The Labute approximate surface area is 196 Å². The summed E-state index contributed by atoms with van der Waals surface area (Å²) >= 11 is 0. The molecule has 1 heterocycles. The van der Waals surface area contributed by atoms with Crippen molar-refractivity contribution in [1.82, 2.24) is 15.5 Å². The van der Waals surface area contributed by atoms with Crippen molar-refractivity contribution in [2.45, 2.75) is 63.3 Å². The van der Waals surface area contributed by atoms with E-state index in [0.717, 1.165) is 25.9 Å². The Morgan fingerprint density at radius 1 is 1.27 bits per heavy atom. The summed E-state index contributed by atoms with van der Waals surface area (Å²) in [7, 11) is 2.16. The number of likely N-dealkylation sites (N-methyl/N-ethyl adjacent to an activating group) is 1. The van der Waals surface area contributed by atoms with E-state index in [1.807, 2.05) is 12.1 Å². The number of benzene rings is 1. The van der Waals surface area contributed by atoms with E-state index in [4.69, 9.17) is 15.6 Å². The van der Waals surface area contributed by atoms with Gasteiger partial charge in [-0.05, 0) is 69.8 Å². The summed E-state index contributed by atoms with van der Waals surface area (Å²) in [5.41, 5.74) is 6.46. The topological polar surface area (TPSA) is 134 Å². The van der Waals surface area contributed by atoms with Gasteiger partial charge >= 0.3 is 12.1 Å². The van der Waals surface area contributed by atoms with Crippen LogP contribution < -0.4 is 21.1 Å². The molecule has 1 aromatic carbocycles. The number of nitrogens with zero attached hydrogens (tertiary/aromatic N) is 1. The van der Waals surface area contributed by atoms with Crippen molar-refractivity contribution >= 4 is 18.0 Å². The Morgan fingerprint density at radius 3 is 2.76 bits per heavy atom. The summed E-state index contributed by atoms with van der Waals surface area (Å²) in [6, 6.07) is 6.83. The highest BCUT2D eigenvalue weighted by molar-refractivity contribution is 5.84. The number of hydrogen-bond donors (Lipinski definition) is 4. The lowest BCUT2D eigenvalue weighted by atomic mass is 9.74. The van der Waals surface area contributed by atoms with Gasteiger partial charge in [0.25, 0.3) is 0 Å². The maximum atomic E-state index is 12.2. The lowest BCUT2D eigenvalue weighted by Gasteiger charge is -2.35. The molecule has 184 valence electrons. The molecule has 0 radical (unpaired) electrons. The second-order valence-electron chi connectivity index (χ2n) is 8.83. The van der Waals surface area contributed by atoms with Crippen LogP contribution in [0.25, 0.3) is 0 Å². The zero-order chi connectivity index (χ0) is 24.3. The molecule has 0 aliphatic carbocycles. The van der Waals surface area contributed by atoms with Crippen LogP contribution in [0.3, 0.4) is 0 Å². The van der Waals surface area contributed by atoms with Crippen molar-refractivity contribution in [1.29, 1.82) is 0 Å².